The van der Waals surface area contributed by atoms with E-state index in [1.807, 2.05) is 6.07 Å². The molecule has 0 unspecified atom stereocenters. The molecule has 0 saturated heterocycles. The lowest BCUT2D eigenvalue weighted by atomic mass is 10.1. The number of hydrogen-bond donors (Lipinski definition) is 3. The van der Waals surface area contributed by atoms with Crippen LogP contribution in [0.25, 0.3) is 0 Å². The summed E-state index contributed by atoms with van der Waals surface area (Å²) in [6.45, 7) is 2.66. The topological polar surface area (TPSA) is 82.6 Å². The first-order valence-electron chi connectivity index (χ1n) is 9.18. The summed E-state index contributed by atoms with van der Waals surface area (Å²) < 4.78 is 40.7. The van der Waals surface area contributed by atoms with Gasteiger partial charge in [0.1, 0.15) is 5.82 Å². The van der Waals surface area contributed by atoms with E-state index in [0.717, 1.165) is 24.0 Å². The zero-order valence-corrected chi connectivity index (χ0v) is 16.8. The normalized spacial score (nSPS) is 14.8. The minimum Gasteiger partial charge on any atom is -0.352 e. The molecule has 0 atom stereocenters. The number of halogens is 1. The zero-order valence-electron chi connectivity index (χ0n) is 16.0. The molecule has 3 N–H and O–H groups in total. The van der Waals surface area contributed by atoms with Gasteiger partial charge in [0.2, 0.25) is 10.0 Å². The summed E-state index contributed by atoms with van der Waals surface area (Å²) in [7, 11) is -1.78. The van der Waals surface area contributed by atoms with Crippen LogP contribution in [0.2, 0.25) is 0 Å². The van der Waals surface area contributed by atoms with Crippen LogP contribution in [0.15, 0.2) is 52.4 Å². The van der Waals surface area contributed by atoms with Gasteiger partial charge in [-0.2, -0.15) is 0 Å². The van der Waals surface area contributed by atoms with Crippen molar-refractivity contribution >= 4 is 16.0 Å². The van der Waals surface area contributed by atoms with Crippen LogP contribution in [0.3, 0.4) is 0 Å². The maximum absolute atomic E-state index is 13.6. The summed E-state index contributed by atoms with van der Waals surface area (Å²) in [5.74, 6) is 0.349. The first kappa shape index (κ1) is 20.3. The van der Waals surface area contributed by atoms with Gasteiger partial charge >= 0.3 is 0 Å². The predicted octanol–water partition coefficient (Wildman–Crippen LogP) is 2.44. The monoisotopic (exact) mass is 404 g/mol. The average Bonchev–Trinajstić information content (AvgIpc) is 3.48. The third-order valence-electron chi connectivity index (χ3n) is 4.51. The van der Waals surface area contributed by atoms with Crippen molar-refractivity contribution < 1.29 is 12.8 Å². The predicted molar refractivity (Wildman–Crippen MR) is 108 cm³/mol. The molecular weight excluding hydrogens is 379 g/mol. The first-order chi connectivity index (χ1) is 13.4. The highest BCUT2D eigenvalue weighted by atomic mass is 32.2. The molecule has 3 rings (SSSR count). The van der Waals surface area contributed by atoms with E-state index in [1.54, 1.807) is 44.3 Å². The zero-order chi connectivity index (χ0) is 20.1. The molecule has 28 heavy (non-hydrogen) atoms. The summed E-state index contributed by atoms with van der Waals surface area (Å²) in [5.41, 5.74) is 2.36. The van der Waals surface area contributed by atoms with Crippen LogP contribution in [0.4, 0.5) is 4.39 Å². The molecule has 0 radical (unpaired) electrons. The van der Waals surface area contributed by atoms with Crippen LogP contribution in [0.1, 0.15) is 29.5 Å². The first-order valence-corrected chi connectivity index (χ1v) is 10.7. The lowest BCUT2D eigenvalue weighted by Crippen LogP contribution is -2.36. The lowest BCUT2D eigenvalue weighted by Gasteiger charge is -2.13. The van der Waals surface area contributed by atoms with Crippen molar-refractivity contribution in [3.63, 3.8) is 0 Å². The molecule has 0 heterocycles. The molecule has 1 aliphatic rings. The van der Waals surface area contributed by atoms with Crippen molar-refractivity contribution in [3.8, 4) is 0 Å². The fourth-order valence-electron chi connectivity index (χ4n) is 2.61. The third kappa shape index (κ3) is 5.53. The molecule has 1 aliphatic carbocycles. The number of guanidine groups is 1. The molecule has 1 saturated carbocycles. The quantitative estimate of drug-likeness (QED) is 0.489. The Kier molecular flexibility index (Phi) is 6.31. The van der Waals surface area contributed by atoms with Crippen LogP contribution in [-0.4, -0.2) is 27.5 Å². The van der Waals surface area contributed by atoms with E-state index in [-0.39, 0.29) is 16.8 Å². The van der Waals surface area contributed by atoms with Gasteiger partial charge in [0, 0.05) is 26.2 Å². The van der Waals surface area contributed by atoms with Gasteiger partial charge in [-0.25, -0.2) is 17.5 Å². The van der Waals surface area contributed by atoms with Gasteiger partial charge in [0.05, 0.1) is 4.90 Å². The smallest absolute Gasteiger partial charge is 0.240 e. The standard InChI is InChI=1S/C20H25FN4O2S/c1-14-3-4-16(11-19(14)21)13-24-20(22-2)23-12-15-5-9-18(10-6-15)28(26,27)25-17-7-8-17/h3-6,9-11,17,25H,7-8,12-13H2,1-2H3,(H2,22,23,24). The Morgan fingerprint density at radius 1 is 1.07 bits per heavy atom. The summed E-state index contributed by atoms with van der Waals surface area (Å²) in [6, 6.07) is 12.0. The highest BCUT2D eigenvalue weighted by Gasteiger charge is 2.27. The van der Waals surface area contributed by atoms with Crippen molar-refractivity contribution in [2.75, 3.05) is 7.05 Å². The molecule has 0 aliphatic heterocycles. The molecule has 8 heteroatoms. The maximum atomic E-state index is 13.6. The molecule has 2 aromatic rings. The van der Waals surface area contributed by atoms with Gasteiger partial charge < -0.3 is 10.6 Å². The number of rotatable bonds is 7. The Balaban J connectivity index is 1.52. The Morgan fingerprint density at radius 3 is 2.25 bits per heavy atom. The number of nitrogens with one attached hydrogen (secondary N) is 3. The molecular formula is C20H25FN4O2S. The lowest BCUT2D eigenvalue weighted by molar-refractivity contribution is 0.581. The van der Waals surface area contributed by atoms with E-state index >= 15 is 0 Å². The van der Waals surface area contributed by atoms with E-state index in [2.05, 4.69) is 20.3 Å². The summed E-state index contributed by atoms with van der Waals surface area (Å²) in [4.78, 5) is 4.42. The van der Waals surface area contributed by atoms with Gasteiger partial charge in [-0.05, 0) is 54.7 Å². The van der Waals surface area contributed by atoms with Gasteiger partial charge in [-0.15, -0.1) is 0 Å². The van der Waals surface area contributed by atoms with E-state index in [1.165, 1.54) is 6.07 Å². The van der Waals surface area contributed by atoms with Gasteiger partial charge in [0.25, 0.3) is 0 Å². The number of hydrogen-bond acceptors (Lipinski definition) is 3. The highest BCUT2D eigenvalue weighted by Crippen LogP contribution is 2.22. The van der Waals surface area contributed by atoms with E-state index in [9.17, 15) is 12.8 Å². The SMILES string of the molecule is CN=C(NCc1ccc(S(=O)(=O)NC2CC2)cc1)NCc1ccc(C)c(F)c1. The molecule has 0 spiro atoms. The van der Waals surface area contributed by atoms with Gasteiger partial charge in [-0.3, -0.25) is 4.99 Å². The van der Waals surface area contributed by atoms with Crippen molar-refractivity contribution in [1.82, 2.24) is 15.4 Å². The second-order valence-electron chi connectivity index (χ2n) is 6.90. The van der Waals surface area contributed by atoms with E-state index in [4.69, 9.17) is 0 Å². The van der Waals surface area contributed by atoms with Crippen LogP contribution < -0.4 is 15.4 Å². The Bertz CT molecular complexity index is 955. The number of nitrogens with zero attached hydrogens (tertiary/aromatic N) is 1. The largest absolute Gasteiger partial charge is 0.352 e. The molecule has 6 nitrogen and oxygen atoms in total. The number of benzene rings is 2. The molecule has 0 aromatic heterocycles. The minimum atomic E-state index is -3.43. The van der Waals surface area contributed by atoms with Crippen molar-refractivity contribution in [3.05, 3.63) is 65.0 Å². The fourth-order valence-corrected chi connectivity index (χ4v) is 3.92. The van der Waals surface area contributed by atoms with Crippen LogP contribution in [0, 0.1) is 12.7 Å². The number of aliphatic imine (C=N–C) groups is 1. The van der Waals surface area contributed by atoms with Crippen LogP contribution in [0.5, 0.6) is 0 Å². The Labute approximate surface area is 165 Å². The minimum absolute atomic E-state index is 0.0859. The summed E-state index contributed by atoms with van der Waals surface area (Å²) >= 11 is 0. The maximum Gasteiger partial charge on any atom is 0.240 e. The third-order valence-corrected chi connectivity index (χ3v) is 6.05. The summed E-state index contributed by atoms with van der Waals surface area (Å²) in [6.07, 6.45) is 1.81. The van der Waals surface area contributed by atoms with Crippen molar-refractivity contribution in [2.24, 2.45) is 4.99 Å². The second-order valence-corrected chi connectivity index (χ2v) is 8.62. The van der Waals surface area contributed by atoms with Gasteiger partial charge in [-0.1, -0.05) is 24.3 Å². The number of aryl methyl sites for hydroxylation is 1. The summed E-state index contributed by atoms with van der Waals surface area (Å²) in [5, 5.41) is 6.30. The van der Waals surface area contributed by atoms with E-state index in [0.29, 0.717) is 24.6 Å². The average molecular weight is 405 g/mol. The Morgan fingerprint density at radius 2 is 1.68 bits per heavy atom. The molecule has 0 amide bonds. The molecule has 0 bridgehead atoms. The Hall–Kier alpha value is -2.45. The fraction of sp³-hybridized carbons (Fsp3) is 0.350. The van der Waals surface area contributed by atoms with Crippen molar-refractivity contribution in [1.29, 1.82) is 0 Å². The van der Waals surface area contributed by atoms with Gasteiger partial charge in [0.15, 0.2) is 5.96 Å². The number of sulfonamides is 1. The van der Waals surface area contributed by atoms with E-state index < -0.39 is 10.0 Å². The second kappa shape index (κ2) is 8.70. The van der Waals surface area contributed by atoms with Crippen LogP contribution >= 0.6 is 0 Å². The van der Waals surface area contributed by atoms with Crippen molar-refractivity contribution in [2.45, 2.75) is 43.8 Å². The molecule has 150 valence electrons. The molecule has 2 aromatic carbocycles. The van der Waals surface area contributed by atoms with Crippen LogP contribution in [-0.2, 0) is 23.1 Å². The highest BCUT2D eigenvalue weighted by molar-refractivity contribution is 7.89. The molecule has 1 fully saturated rings.